The lowest BCUT2D eigenvalue weighted by atomic mass is 9.75. The Hall–Kier alpha value is -2.15. The number of aromatic nitrogens is 3. The van der Waals surface area contributed by atoms with Gasteiger partial charge in [-0.2, -0.15) is 5.10 Å². The molecule has 1 aliphatic rings. The molecular weight excluding hydrogens is 333 g/mol. The number of nitrogens with zero attached hydrogens (tertiary/aromatic N) is 3. The Kier molecular flexibility index (Phi) is 4.33. The van der Waals surface area contributed by atoms with Gasteiger partial charge in [0, 0.05) is 24.7 Å². The summed E-state index contributed by atoms with van der Waals surface area (Å²) in [6, 6.07) is 6.10. The molecule has 2 aromatic heterocycles. The van der Waals surface area contributed by atoms with Crippen molar-refractivity contribution in [1.82, 2.24) is 14.8 Å². The summed E-state index contributed by atoms with van der Waals surface area (Å²) >= 11 is 1.58. The molecule has 0 amide bonds. The van der Waals surface area contributed by atoms with Crippen LogP contribution in [0.15, 0.2) is 29.9 Å². The van der Waals surface area contributed by atoms with Crippen LogP contribution in [0.1, 0.15) is 20.3 Å². The molecule has 3 aromatic rings. The van der Waals surface area contributed by atoms with E-state index in [0.29, 0.717) is 6.42 Å². The highest BCUT2D eigenvalue weighted by atomic mass is 32.1. The molecule has 1 aliphatic heterocycles. The smallest absolute Gasteiger partial charge is 0.202 e. The molecule has 0 unspecified atom stereocenters. The third kappa shape index (κ3) is 3.20. The third-order valence-electron chi connectivity index (χ3n) is 4.75. The number of rotatable bonds is 5. The molecule has 0 spiro atoms. The summed E-state index contributed by atoms with van der Waals surface area (Å²) in [5.41, 5.74) is 4.90. The zero-order valence-corrected chi connectivity index (χ0v) is 15.1. The minimum atomic E-state index is -0.0172. The summed E-state index contributed by atoms with van der Waals surface area (Å²) in [5, 5.41) is 4.58. The van der Waals surface area contributed by atoms with Crippen LogP contribution in [-0.4, -0.2) is 33.8 Å². The van der Waals surface area contributed by atoms with Gasteiger partial charge in [-0.15, -0.1) is 11.3 Å². The Labute approximate surface area is 151 Å². The van der Waals surface area contributed by atoms with Crippen molar-refractivity contribution in [2.45, 2.75) is 39.2 Å². The van der Waals surface area contributed by atoms with Gasteiger partial charge in [0.1, 0.15) is 5.75 Å². The van der Waals surface area contributed by atoms with Gasteiger partial charge in [0.25, 0.3) is 0 Å². The molecule has 0 aliphatic carbocycles. The van der Waals surface area contributed by atoms with E-state index in [9.17, 15) is 4.79 Å². The zero-order chi connectivity index (χ0) is 17.4. The van der Waals surface area contributed by atoms with Gasteiger partial charge in [-0.25, -0.2) is 4.98 Å². The van der Waals surface area contributed by atoms with E-state index in [1.165, 1.54) is 0 Å². The number of aryl methyl sites for hydroxylation is 1. The van der Waals surface area contributed by atoms with Gasteiger partial charge in [0.2, 0.25) is 7.28 Å². The van der Waals surface area contributed by atoms with Gasteiger partial charge in [-0.05, 0) is 38.0 Å². The normalized spacial score (nSPS) is 18.5. The highest BCUT2D eigenvalue weighted by Gasteiger charge is 2.29. The molecule has 0 N–H and O–H groups in total. The van der Waals surface area contributed by atoms with Gasteiger partial charge < -0.3 is 9.53 Å². The first-order chi connectivity index (χ1) is 12.1. The van der Waals surface area contributed by atoms with E-state index in [1.54, 1.807) is 18.6 Å². The molecule has 25 heavy (non-hydrogen) atoms. The first kappa shape index (κ1) is 16.3. The highest BCUT2D eigenvalue weighted by molar-refractivity contribution is 7.17. The average Bonchev–Trinajstić information content (AvgIpc) is 3.34. The molecule has 4 rings (SSSR count). The fourth-order valence-electron chi connectivity index (χ4n) is 3.23. The number of ether oxygens (including phenoxy) is 1. The molecule has 1 radical (unpaired) electrons. The van der Waals surface area contributed by atoms with Gasteiger partial charge in [-0.3, -0.25) is 4.68 Å². The SMILES string of the molecule is CCn1ccc(-c2cc(O[C@@H](C)[C@@H]3C[B]C(=O)C3)c3scnc3c2)n1. The Morgan fingerprint density at radius 1 is 1.48 bits per heavy atom. The standard InChI is InChI=1S/C18H19BN3O2S/c1-3-22-5-4-14(21-22)12-6-15-18(25-10-20-15)16(7-12)24-11(2)13-8-17(23)19-9-13/h4-7,10-11,13H,3,8-9H2,1-2H3/t11-,13-/m0/s1. The predicted octanol–water partition coefficient (Wildman–Crippen LogP) is 3.62. The molecule has 7 heteroatoms. The van der Waals surface area contributed by atoms with Crippen LogP contribution < -0.4 is 4.74 Å². The monoisotopic (exact) mass is 352 g/mol. The minimum absolute atomic E-state index is 0.0172. The van der Waals surface area contributed by atoms with Crippen molar-refractivity contribution in [1.29, 1.82) is 0 Å². The Bertz CT molecular complexity index is 920. The summed E-state index contributed by atoms with van der Waals surface area (Å²) in [4.78, 5) is 16.0. The number of carbonyl (C=O) groups excluding carboxylic acids is 1. The molecule has 2 atom stereocenters. The fraction of sp³-hybridized carbons (Fsp3) is 0.389. The van der Waals surface area contributed by atoms with Crippen LogP contribution in [0.25, 0.3) is 21.5 Å². The van der Waals surface area contributed by atoms with Crippen LogP contribution in [0.4, 0.5) is 0 Å². The van der Waals surface area contributed by atoms with E-state index in [2.05, 4.69) is 23.1 Å². The fourth-order valence-corrected chi connectivity index (χ4v) is 3.95. The molecule has 0 saturated carbocycles. The quantitative estimate of drug-likeness (QED) is 0.658. The van der Waals surface area contributed by atoms with E-state index < -0.39 is 0 Å². The van der Waals surface area contributed by atoms with Crippen LogP contribution in [0, 0.1) is 5.92 Å². The number of carbonyl (C=O) groups is 1. The number of hydrogen-bond acceptors (Lipinski definition) is 5. The molecule has 5 nitrogen and oxygen atoms in total. The Balaban J connectivity index is 1.67. The third-order valence-corrected chi connectivity index (χ3v) is 5.60. The van der Waals surface area contributed by atoms with Crippen molar-refractivity contribution < 1.29 is 9.53 Å². The number of fused-ring (bicyclic) bond motifs is 1. The highest BCUT2D eigenvalue weighted by Crippen LogP contribution is 2.36. The summed E-state index contributed by atoms with van der Waals surface area (Å²) in [5.74, 6) is 1.08. The summed E-state index contributed by atoms with van der Waals surface area (Å²) in [6.45, 7) is 4.95. The van der Waals surface area contributed by atoms with E-state index in [4.69, 9.17) is 4.74 Å². The van der Waals surface area contributed by atoms with Gasteiger partial charge in [-0.1, -0.05) is 6.32 Å². The second kappa shape index (κ2) is 6.63. The van der Waals surface area contributed by atoms with Crippen molar-refractivity contribution in [2.24, 2.45) is 5.92 Å². The number of thiazole rings is 1. The van der Waals surface area contributed by atoms with Gasteiger partial charge in [0.05, 0.1) is 33.2 Å². The van der Waals surface area contributed by atoms with Crippen molar-refractivity contribution in [2.75, 3.05) is 0 Å². The van der Waals surface area contributed by atoms with Crippen LogP contribution in [0.3, 0.4) is 0 Å². The Morgan fingerprint density at radius 2 is 2.36 bits per heavy atom. The van der Waals surface area contributed by atoms with Crippen molar-refractivity contribution in [3.8, 4) is 17.0 Å². The summed E-state index contributed by atoms with van der Waals surface area (Å²) in [6.07, 6.45) is 3.33. The maximum Gasteiger partial charge on any atom is 0.202 e. The second-order valence-electron chi connectivity index (χ2n) is 6.42. The van der Waals surface area contributed by atoms with Gasteiger partial charge in [0.15, 0.2) is 0 Å². The largest absolute Gasteiger partial charge is 0.489 e. The number of hydrogen-bond donors (Lipinski definition) is 0. The lowest BCUT2D eigenvalue weighted by Gasteiger charge is -2.21. The number of benzene rings is 1. The van der Waals surface area contributed by atoms with Crippen LogP contribution in [0.5, 0.6) is 5.75 Å². The van der Waals surface area contributed by atoms with E-state index in [1.807, 2.05) is 35.4 Å². The second-order valence-corrected chi connectivity index (χ2v) is 7.28. The van der Waals surface area contributed by atoms with Crippen LogP contribution >= 0.6 is 11.3 Å². The van der Waals surface area contributed by atoms with E-state index >= 15 is 0 Å². The van der Waals surface area contributed by atoms with Crippen molar-refractivity contribution in [3.63, 3.8) is 0 Å². The lowest BCUT2D eigenvalue weighted by Crippen LogP contribution is -2.21. The predicted molar refractivity (Wildman–Crippen MR) is 100 cm³/mol. The topological polar surface area (TPSA) is 57.0 Å². The molecule has 3 heterocycles. The van der Waals surface area contributed by atoms with E-state index in [-0.39, 0.29) is 17.7 Å². The van der Waals surface area contributed by atoms with Crippen LogP contribution in [-0.2, 0) is 11.3 Å². The summed E-state index contributed by atoms with van der Waals surface area (Å²) in [7, 11) is 1.78. The van der Waals surface area contributed by atoms with Crippen molar-refractivity contribution >= 4 is 34.5 Å². The lowest BCUT2D eigenvalue weighted by molar-refractivity contribution is -0.112. The van der Waals surface area contributed by atoms with Gasteiger partial charge >= 0.3 is 0 Å². The zero-order valence-electron chi connectivity index (χ0n) is 14.3. The first-order valence-electron chi connectivity index (χ1n) is 8.58. The molecule has 127 valence electrons. The molecular formula is C18H19BN3O2S. The van der Waals surface area contributed by atoms with Crippen LogP contribution in [0.2, 0.25) is 6.32 Å². The van der Waals surface area contributed by atoms with Crippen molar-refractivity contribution in [3.05, 3.63) is 29.9 Å². The molecule has 1 aromatic carbocycles. The molecule has 1 fully saturated rings. The minimum Gasteiger partial charge on any atom is -0.489 e. The summed E-state index contributed by atoms with van der Waals surface area (Å²) < 4.78 is 9.22. The molecule has 1 saturated heterocycles. The maximum absolute atomic E-state index is 11.5. The first-order valence-corrected chi connectivity index (χ1v) is 9.45. The molecule has 0 bridgehead atoms. The maximum atomic E-state index is 11.5. The van der Waals surface area contributed by atoms with E-state index in [0.717, 1.165) is 40.1 Å². The average molecular weight is 352 g/mol. The Morgan fingerprint density at radius 3 is 3.08 bits per heavy atom.